The van der Waals surface area contributed by atoms with E-state index < -0.39 is 0 Å². The Labute approximate surface area is 145 Å². The molecular weight excluding hydrogens is 318 g/mol. The van der Waals surface area contributed by atoms with E-state index in [0.717, 1.165) is 5.56 Å². The molecule has 6 heteroatoms. The third kappa shape index (κ3) is 4.23. The maximum Gasteiger partial charge on any atom is 0.255 e. The summed E-state index contributed by atoms with van der Waals surface area (Å²) in [6.45, 7) is 1.94. The molecule has 1 saturated heterocycles. The minimum Gasteiger partial charge on any atom is -0.336 e. The molecule has 1 aromatic heterocycles. The van der Waals surface area contributed by atoms with E-state index >= 15 is 0 Å². The number of hydrogen-bond donors (Lipinski definition) is 1. The van der Waals surface area contributed by atoms with Gasteiger partial charge in [0.1, 0.15) is 0 Å². The standard InChI is InChI=1S/C19H19N3O3/c23-17-8-7-16(14-20-17)19(25)22-12-10-21(11-13-22)18(24)9-6-15-4-2-1-3-5-15/h1-9,14H,10-13H2,(H,20,23)/b9-6+. The molecule has 3 rings (SSSR count). The number of rotatable bonds is 3. The van der Waals surface area contributed by atoms with Gasteiger partial charge >= 0.3 is 0 Å². The van der Waals surface area contributed by atoms with Crippen LogP contribution in [0.15, 0.2) is 59.5 Å². The van der Waals surface area contributed by atoms with Crippen molar-refractivity contribution in [1.29, 1.82) is 0 Å². The van der Waals surface area contributed by atoms with Crippen LogP contribution in [0, 0.1) is 0 Å². The first-order valence-corrected chi connectivity index (χ1v) is 8.13. The molecule has 1 N–H and O–H groups in total. The van der Waals surface area contributed by atoms with Crippen molar-refractivity contribution in [2.24, 2.45) is 0 Å². The lowest BCUT2D eigenvalue weighted by Gasteiger charge is -2.34. The number of carbonyl (C=O) groups is 2. The maximum absolute atomic E-state index is 12.4. The lowest BCUT2D eigenvalue weighted by atomic mass is 10.2. The summed E-state index contributed by atoms with van der Waals surface area (Å²) in [5.41, 5.74) is 1.18. The number of carbonyl (C=O) groups excluding carboxylic acids is 2. The molecule has 2 aromatic rings. The van der Waals surface area contributed by atoms with E-state index in [1.54, 1.807) is 22.0 Å². The van der Waals surface area contributed by atoms with Gasteiger partial charge in [0.2, 0.25) is 11.5 Å². The fourth-order valence-electron chi connectivity index (χ4n) is 2.69. The second-order valence-electron chi connectivity index (χ2n) is 5.80. The van der Waals surface area contributed by atoms with E-state index in [4.69, 9.17) is 0 Å². The van der Waals surface area contributed by atoms with E-state index in [2.05, 4.69) is 4.98 Å². The maximum atomic E-state index is 12.4. The van der Waals surface area contributed by atoms with Crippen LogP contribution < -0.4 is 5.56 Å². The van der Waals surface area contributed by atoms with Gasteiger partial charge in [0.25, 0.3) is 5.91 Å². The lowest BCUT2D eigenvalue weighted by Crippen LogP contribution is -2.50. The predicted octanol–water partition coefficient (Wildman–Crippen LogP) is 1.37. The Kier molecular flexibility index (Phi) is 5.09. The Morgan fingerprint density at radius 1 is 0.920 bits per heavy atom. The third-order valence-electron chi connectivity index (χ3n) is 4.13. The summed E-state index contributed by atoms with van der Waals surface area (Å²) in [5, 5.41) is 0. The van der Waals surface area contributed by atoms with Crippen molar-refractivity contribution >= 4 is 17.9 Å². The largest absolute Gasteiger partial charge is 0.336 e. The van der Waals surface area contributed by atoms with Crippen molar-refractivity contribution in [3.63, 3.8) is 0 Å². The summed E-state index contributed by atoms with van der Waals surface area (Å²) in [6, 6.07) is 12.5. The third-order valence-corrected chi connectivity index (χ3v) is 4.13. The smallest absolute Gasteiger partial charge is 0.255 e. The normalized spacial score (nSPS) is 14.7. The highest BCUT2D eigenvalue weighted by Crippen LogP contribution is 2.09. The molecular formula is C19H19N3O3. The molecule has 1 aliphatic heterocycles. The average molecular weight is 337 g/mol. The highest BCUT2D eigenvalue weighted by Gasteiger charge is 2.23. The molecule has 2 amide bonds. The Balaban J connectivity index is 1.55. The van der Waals surface area contributed by atoms with E-state index in [1.807, 2.05) is 30.3 Å². The SMILES string of the molecule is O=C(/C=C/c1ccccc1)N1CCN(C(=O)c2ccc(=O)[nH]c2)CC1. The van der Waals surface area contributed by atoms with Crippen molar-refractivity contribution in [2.45, 2.75) is 0 Å². The molecule has 1 aliphatic rings. The Hall–Kier alpha value is -3.15. The summed E-state index contributed by atoms with van der Waals surface area (Å²) in [6.07, 6.45) is 4.78. The number of aromatic nitrogens is 1. The molecule has 1 fully saturated rings. The monoisotopic (exact) mass is 337 g/mol. The zero-order chi connectivity index (χ0) is 17.6. The number of amides is 2. The van der Waals surface area contributed by atoms with Gasteiger partial charge in [-0.15, -0.1) is 0 Å². The highest BCUT2D eigenvalue weighted by atomic mass is 16.2. The summed E-state index contributed by atoms with van der Waals surface area (Å²) in [7, 11) is 0. The molecule has 0 spiro atoms. The average Bonchev–Trinajstić information content (AvgIpc) is 2.67. The number of nitrogens with one attached hydrogen (secondary N) is 1. The number of piperazine rings is 1. The van der Waals surface area contributed by atoms with Gasteiger partial charge in [-0.1, -0.05) is 30.3 Å². The zero-order valence-electron chi connectivity index (χ0n) is 13.7. The number of nitrogens with zero attached hydrogens (tertiary/aromatic N) is 2. The van der Waals surface area contributed by atoms with Gasteiger partial charge in [0.15, 0.2) is 0 Å². The molecule has 0 aliphatic carbocycles. The molecule has 6 nitrogen and oxygen atoms in total. The van der Waals surface area contributed by atoms with Crippen molar-refractivity contribution in [3.05, 3.63) is 76.2 Å². The van der Waals surface area contributed by atoms with E-state index in [0.29, 0.717) is 31.7 Å². The van der Waals surface area contributed by atoms with Crippen LogP contribution in [0.4, 0.5) is 0 Å². The second kappa shape index (κ2) is 7.61. The first kappa shape index (κ1) is 16.7. The van der Waals surface area contributed by atoms with Crippen LogP contribution in [0.1, 0.15) is 15.9 Å². The van der Waals surface area contributed by atoms with Crippen LogP contribution in [0.5, 0.6) is 0 Å². The fraction of sp³-hybridized carbons (Fsp3) is 0.211. The van der Waals surface area contributed by atoms with Gasteiger partial charge in [-0.05, 0) is 17.7 Å². The molecule has 128 valence electrons. The fourth-order valence-corrected chi connectivity index (χ4v) is 2.69. The van der Waals surface area contributed by atoms with Crippen LogP contribution in [0.3, 0.4) is 0 Å². The summed E-state index contributed by atoms with van der Waals surface area (Å²) < 4.78 is 0. The summed E-state index contributed by atoms with van der Waals surface area (Å²) in [4.78, 5) is 41.6. The Bertz CT molecular complexity index is 814. The summed E-state index contributed by atoms with van der Waals surface area (Å²) in [5.74, 6) is -0.192. The number of benzene rings is 1. The van der Waals surface area contributed by atoms with Crippen LogP contribution in [0.2, 0.25) is 0 Å². The first-order valence-electron chi connectivity index (χ1n) is 8.13. The van der Waals surface area contributed by atoms with Crippen LogP contribution in [0.25, 0.3) is 6.08 Å². The van der Waals surface area contributed by atoms with Gasteiger partial charge in [-0.25, -0.2) is 0 Å². The van der Waals surface area contributed by atoms with Crippen LogP contribution in [-0.4, -0.2) is 52.8 Å². The Morgan fingerprint density at radius 3 is 2.24 bits per heavy atom. The van der Waals surface area contributed by atoms with Crippen molar-refractivity contribution in [3.8, 4) is 0 Å². The molecule has 2 heterocycles. The topological polar surface area (TPSA) is 73.5 Å². The van der Waals surface area contributed by atoms with Crippen molar-refractivity contribution < 1.29 is 9.59 Å². The molecule has 0 radical (unpaired) electrons. The zero-order valence-corrected chi connectivity index (χ0v) is 13.7. The number of hydrogen-bond acceptors (Lipinski definition) is 3. The van der Waals surface area contributed by atoms with Gasteiger partial charge in [0.05, 0.1) is 5.56 Å². The predicted molar refractivity (Wildman–Crippen MR) is 95.0 cm³/mol. The van der Waals surface area contributed by atoms with Crippen LogP contribution in [-0.2, 0) is 4.79 Å². The summed E-state index contributed by atoms with van der Waals surface area (Å²) >= 11 is 0. The number of H-pyrrole nitrogens is 1. The molecule has 0 bridgehead atoms. The van der Waals surface area contributed by atoms with Gasteiger partial charge in [-0.2, -0.15) is 0 Å². The van der Waals surface area contributed by atoms with Crippen molar-refractivity contribution in [1.82, 2.24) is 14.8 Å². The quantitative estimate of drug-likeness (QED) is 0.860. The van der Waals surface area contributed by atoms with E-state index in [9.17, 15) is 14.4 Å². The molecule has 0 atom stereocenters. The lowest BCUT2D eigenvalue weighted by molar-refractivity contribution is -0.127. The Morgan fingerprint density at radius 2 is 1.60 bits per heavy atom. The van der Waals surface area contributed by atoms with Gasteiger partial charge < -0.3 is 14.8 Å². The van der Waals surface area contributed by atoms with E-state index in [-0.39, 0.29) is 17.4 Å². The van der Waals surface area contributed by atoms with Gasteiger partial charge in [0, 0.05) is 44.5 Å². The van der Waals surface area contributed by atoms with Gasteiger partial charge in [-0.3, -0.25) is 14.4 Å². The number of aromatic amines is 1. The molecule has 1 aromatic carbocycles. The second-order valence-corrected chi connectivity index (χ2v) is 5.80. The minimum atomic E-state index is -0.239. The van der Waals surface area contributed by atoms with Crippen molar-refractivity contribution in [2.75, 3.05) is 26.2 Å². The molecule has 0 saturated carbocycles. The minimum absolute atomic E-state index is 0.0556. The first-order chi connectivity index (χ1) is 12.1. The van der Waals surface area contributed by atoms with E-state index in [1.165, 1.54) is 18.3 Å². The molecule has 25 heavy (non-hydrogen) atoms. The highest BCUT2D eigenvalue weighted by molar-refractivity contribution is 5.94. The number of pyridine rings is 1. The van der Waals surface area contributed by atoms with Crippen LogP contribution >= 0.6 is 0 Å². The molecule has 0 unspecified atom stereocenters.